The third-order valence-electron chi connectivity index (χ3n) is 4.19. The molecular formula is C11H13F5O3. The number of carbonyl (C=O) groups is 1. The molecule has 2 fully saturated rings. The summed E-state index contributed by atoms with van der Waals surface area (Å²) in [5, 5.41) is 9.57. The van der Waals surface area contributed by atoms with Gasteiger partial charge in [-0.25, -0.2) is 8.78 Å². The van der Waals surface area contributed by atoms with Gasteiger partial charge in [-0.3, -0.25) is 4.79 Å². The van der Waals surface area contributed by atoms with E-state index in [1.165, 1.54) is 0 Å². The lowest BCUT2D eigenvalue weighted by molar-refractivity contribution is -0.353. The van der Waals surface area contributed by atoms with Crippen LogP contribution in [-0.2, 0) is 9.53 Å². The molecule has 8 heteroatoms. The van der Waals surface area contributed by atoms with Crippen molar-refractivity contribution in [3.63, 3.8) is 0 Å². The lowest BCUT2D eigenvalue weighted by atomic mass is 9.74. The van der Waals surface area contributed by atoms with Crippen LogP contribution in [0.5, 0.6) is 0 Å². The topological polar surface area (TPSA) is 46.5 Å². The van der Waals surface area contributed by atoms with E-state index in [1.807, 2.05) is 0 Å². The second-order valence-electron chi connectivity index (χ2n) is 5.22. The number of hydrogen-bond donors (Lipinski definition) is 1. The molecule has 110 valence electrons. The molecule has 0 heterocycles. The van der Waals surface area contributed by atoms with Crippen molar-refractivity contribution >= 4 is 5.97 Å². The molecule has 0 spiro atoms. The Morgan fingerprint density at radius 1 is 1.37 bits per heavy atom. The predicted octanol–water partition coefficient (Wildman–Crippen LogP) is 2.13. The van der Waals surface area contributed by atoms with Crippen molar-refractivity contribution < 1.29 is 36.6 Å². The Balaban J connectivity index is 2.26. The molecule has 0 radical (unpaired) electrons. The van der Waals surface area contributed by atoms with Crippen molar-refractivity contribution in [1.82, 2.24) is 0 Å². The first-order valence-electron chi connectivity index (χ1n) is 5.82. The highest BCUT2D eigenvalue weighted by Crippen LogP contribution is 2.66. The highest BCUT2D eigenvalue weighted by molar-refractivity contribution is 5.65. The van der Waals surface area contributed by atoms with Crippen molar-refractivity contribution in [3.8, 4) is 0 Å². The normalized spacial score (nSPS) is 40.5. The number of esters is 1. The molecule has 19 heavy (non-hydrogen) atoms. The molecule has 4 unspecified atom stereocenters. The number of alkyl halides is 5. The average Bonchev–Trinajstić information content (AvgIpc) is 2.74. The molecule has 0 aromatic heterocycles. The van der Waals surface area contributed by atoms with Gasteiger partial charge in [0.1, 0.15) is 0 Å². The largest absolute Gasteiger partial charge is 0.466 e. The lowest BCUT2D eigenvalue weighted by Crippen LogP contribution is -2.64. The minimum Gasteiger partial charge on any atom is -0.466 e. The van der Waals surface area contributed by atoms with Gasteiger partial charge in [-0.2, -0.15) is 13.2 Å². The van der Waals surface area contributed by atoms with Crippen LogP contribution in [0.3, 0.4) is 0 Å². The van der Waals surface area contributed by atoms with Gasteiger partial charge in [0.2, 0.25) is 5.60 Å². The van der Waals surface area contributed by atoms with Gasteiger partial charge in [0.15, 0.2) is 0 Å². The van der Waals surface area contributed by atoms with Crippen LogP contribution in [0.1, 0.15) is 19.8 Å². The van der Waals surface area contributed by atoms with Crippen LogP contribution < -0.4 is 0 Å². The summed E-state index contributed by atoms with van der Waals surface area (Å²) in [5.74, 6) is -8.93. The Morgan fingerprint density at radius 3 is 2.37 bits per heavy atom. The number of hydrogen-bond acceptors (Lipinski definition) is 3. The monoisotopic (exact) mass is 288 g/mol. The third kappa shape index (κ3) is 1.83. The van der Waals surface area contributed by atoms with Crippen molar-refractivity contribution in [3.05, 3.63) is 0 Å². The van der Waals surface area contributed by atoms with Crippen LogP contribution in [0.25, 0.3) is 0 Å². The van der Waals surface area contributed by atoms with E-state index in [0.717, 1.165) is 6.92 Å². The smallest absolute Gasteiger partial charge is 0.423 e. The molecule has 0 aliphatic heterocycles. The summed E-state index contributed by atoms with van der Waals surface area (Å²) >= 11 is 0. The first-order chi connectivity index (χ1) is 8.51. The molecular weight excluding hydrogens is 275 g/mol. The van der Waals surface area contributed by atoms with Crippen LogP contribution in [-0.4, -0.2) is 35.4 Å². The third-order valence-corrected chi connectivity index (χ3v) is 4.19. The standard InChI is InChI=1S/C11H13F5O3/c1-5(17)19-4-6-2-7-3-8(6)9(18,10(7,12)13)11(14,15)16/h6-8,18H,2-4H2,1H3. The van der Waals surface area contributed by atoms with Crippen molar-refractivity contribution in [2.24, 2.45) is 17.8 Å². The predicted molar refractivity (Wildman–Crippen MR) is 52.3 cm³/mol. The van der Waals surface area contributed by atoms with Crippen LogP contribution in [0, 0.1) is 17.8 Å². The Labute approximate surface area is 105 Å². The van der Waals surface area contributed by atoms with E-state index in [0.29, 0.717) is 0 Å². The SMILES string of the molecule is CC(=O)OCC1CC2CC1C(O)(C(F)(F)F)C2(F)F. The fraction of sp³-hybridized carbons (Fsp3) is 0.909. The summed E-state index contributed by atoms with van der Waals surface area (Å²) in [6.45, 7) is 0.711. The molecule has 2 rings (SSSR count). The Bertz CT molecular complexity index is 394. The van der Waals surface area contributed by atoms with Gasteiger partial charge in [0, 0.05) is 18.8 Å². The van der Waals surface area contributed by atoms with Crippen LogP contribution in [0.4, 0.5) is 22.0 Å². The Hall–Kier alpha value is -0.920. The second-order valence-corrected chi connectivity index (χ2v) is 5.22. The number of aliphatic hydroxyl groups is 1. The van der Waals surface area contributed by atoms with Gasteiger partial charge < -0.3 is 9.84 Å². The average molecular weight is 288 g/mol. The van der Waals surface area contributed by atoms with E-state index in [-0.39, 0.29) is 13.0 Å². The van der Waals surface area contributed by atoms with Gasteiger partial charge in [-0.1, -0.05) is 0 Å². The van der Waals surface area contributed by atoms with Gasteiger partial charge in [-0.05, 0) is 18.8 Å². The summed E-state index contributed by atoms with van der Waals surface area (Å²) in [5.41, 5.74) is -4.02. The van der Waals surface area contributed by atoms with E-state index in [1.54, 1.807) is 0 Å². The fourth-order valence-electron chi connectivity index (χ4n) is 3.30. The van der Waals surface area contributed by atoms with Crippen LogP contribution >= 0.6 is 0 Å². The number of fused-ring (bicyclic) bond motifs is 2. The maximum atomic E-state index is 13.7. The van der Waals surface area contributed by atoms with E-state index < -0.39 is 47.8 Å². The summed E-state index contributed by atoms with van der Waals surface area (Å²) in [6.07, 6.45) is -6.00. The fourth-order valence-corrected chi connectivity index (χ4v) is 3.30. The zero-order valence-electron chi connectivity index (χ0n) is 10.0. The van der Waals surface area contributed by atoms with Crippen LogP contribution in [0.2, 0.25) is 0 Å². The summed E-state index contributed by atoms with van der Waals surface area (Å²) in [6, 6.07) is 0. The molecule has 2 aliphatic rings. The Morgan fingerprint density at radius 2 is 1.95 bits per heavy atom. The lowest BCUT2D eigenvalue weighted by Gasteiger charge is -2.43. The molecule has 2 aliphatic carbocycles. The molecule has 2 bridgehead atoms. The minimum atomic E-state index is -5.41. The molecule has 2 saturated carbocycles. The summed E-state index contributed by atoms with van der Waals surface area (Å²) in [4.78, 5) is 10.6. The number of carbonyl (C=O) groups excluding carboxylic acids is 1. The summed E-state index contributed by atoms with van der Waals surface area (Å²) < 4.78 is 70.4. The van der Waals surface area contributed by atoms with Crippen LogP contribution in [0.15, 0.2) is 0 Å². The first kappa shape index (κ1) is 14.5. The molecule has 0 aromatic carbocycles. The number of ether oxygens (including phenoxy) is 1. The zero-order chi connectivity index (χ0) is 14.6. The molecule has 0 amide bonds. The number of rotatable bonds is 2. The Kier molecular flexibility index (Phi) is 3.08. The number of halogens is 5. The van der Waals surface area contributed by atoms with Gasteiger partial charge in [-0.15, -0.1) is 0 Å². The van der Waals surface area contributed by atoms with E-state index in [9.17, 15) is 31.9 Å². The zero-order valence-corrected chi connectivity index (χ0v) is 10.0. The van der Waals surface area contributed by atoms with Crippen molar-refractivity contribution in [1.29, 1.82) is 0 Å². The van der Waals surface area contributed by atoms with E-state index in [4.69, 9.17) is 0 Å². The molecule has 0 aromatic rings. The first-order valence-corrected chi connectivity index (χ1v) is 5.82. The van der Waals surface area contributed by atoms with Crippen molar-refractivity contribution in [2.45, 2.75) is 37.5 Å². The highest BCUT2D eigenvalue weighted by Gasteiger charge is 2.82. The minimum absolute atomic E-state index is 0.177. The summed E-state index contributed by atoms with van der Waals surface area (Å²) in [7, 11) is 0. The van der Waals surface area contributed by atoms with Crippen molar-refractivity contribution in [2.75, 3.05) is 6.61 Å². The van der Waals surface area contributed by atoms with Gasteiger partial charge in [0.05, 0.1) is 6.61 Å². The maximum Gasteiger partial charge on any atom is 0.423 e. The van der Waals surface area contributed by atoms with E-state index in [2.05, 4.69) is 4.74 Å². The quantitative estimate of drug-likeness (QED) is 0.625. The molecule has 0 saturated heterocycles. The van der Waals surface area contributed by atoms with E-state index >= 15 is 0 Å². The second kappa shape index (κ2) is 4.04. The molecule has 4 atom stereocenters. The highest BCUT2D eigenvalue weighted by atomic mass is 19.4. The maximum absolute atomic E-state index is 13.7. The van der Waals surface area contributed by atoms with Gasteiger partial charge in [0.25, 0.3) is 5.92 Å². The molecule has 3 nitrogen and oxygen atoms in total. The molecule has 1 N–H and O–H groups in total. The van der Waals surface area contributed by atoms with Gasteiger partial charge >= 0.3 is 12.1 Å².